The molecule has 0 bridgehead atoms. The van der Waals surface area contributed by atoms with Gasteiger partial charge in [0.05, 0.1) is 26.3 Å². The summed E-state index contributed by atoms with van der Waals surface area (Å²) in [6.45, 7) is 0. The number of carbonyl (C=O) groups excluding carboxylic acids is 1. The third-order valence-electron chi connectivity index (χ3n) is 4.09. The summed E-state index contributed by atoms with van der Waals surface area (Å²) in [5, 5.41) is 44.0. The number of hydrogen-bond acceptors (Lipinski definition) is 7. The van der Waals surface area contributed by atoms with Crippen LogP contribution in [0.5, 0.6) is 11.5 Å². The number of hydrogen-bond donors (Lipinski definition) is 1. The van der Waals surface area contributed by atoms with Crippen molar-refractivity contribution in [2.24, 2.45) is 0 Å². The first kappa shape index (κ1) is 23.1. The van der Waals surface area contributed by atoms with E-state index in [-0.39, 0.29) is 50.7 Å². The van der Waals surface area contributed by atoms with Gasteiger partial charge in [0.15, 0.2) is 0 Å². The molecular weight excluding hydrogens is 508 g/mol. The second-order valence-electron chi connectivity index (χ2n) is 5.83. The van der Waals surface area contributed by atoms with Gasteiger partial charge in [-0.2, -0.15) is 0 Å². The Morgan fingerprint density at radius 1 is 1.07 bits per heavy atom. The molecule has 4 rings (SSSR count). The van der Waals surface area contributed by atoms with E-state index in [2.05, 4.69) is 20.9 Å². The zero-order chi connectivity index (χ0) is 21.1. The number of aromatic nitrogens is 1. The standard InChI is InChI=1S/C11H7BrO3.C9H6N2O3.Cu/c12-9-7-4-2-1-3-6(7)5-8(10(9)13)11(14)15;12-8-4-3-7(11(13)14)6-2-1-5-10-9(6)8;/h1-5,13H,(H,14,15);1-5,12H;/q;;+2/p-2. The Labute approximate surface area is 188 Å². The smallest absolute Gasteiger partial charge is 0.871 e. The number of phenols is 1. The van der Waals surface area contributed by atoms with Crippen LogP contribution in [0.15, 0.2) is 65.3 Å². The fraction of sp³-hybridized carbons (Fsp3) is 0. The SMILES string of the molecule is O=C([O-])c1cc2ccccc2c(Br)c1O.O=[N+]([O-])c1ccc([O-])c2ncccc12.[Cu+2]. The molecule has 3 aromatic carbocycles. The number of pyridine rings is 1. The second kappa shape index (κ2) is 9.53. The quantitative estimate of drug-likeness (QED) is 0.244. The molecule has 0 atom stereocenters. The van der Waals surface area contributed by atoms with Crippen molar-refractivity contribution in [1.82, 2.24) is 4.98 Å². The molecule has 0 aliphatic carbocycles. The first-order valence-corrected chi connectivity index (χ1v) is 8.91. The third kappa shape index (κ3) is 4.51. The number of carboxylic acids is 1. The summed E-state index contributed by atoms with van der Waals surface area (Å²) in [6, 6.07) is 14.0. The normalized spacial score (nSPS) is 10.0. The maximum Gasteiger partial charge on any atom is 2.00 e. The van der Waals surface area contributed by atoms with Crippen LogP contribution in [0.25, 0.3) is 21.7 Å². The topological polar surface area (TPSA) is 139 Å². The summed E-state index contributed by atoms with van der Waals surface area (Å²) in [5.74, 6) is -1.99. The third-order valence-corrected chi connectivity index (χ3v) is 4.89. The predicted molar refractivity (Wildman–Crippen MR) is 105 cm³/mol. The first-order chi connectivity index (χ1) is 13.8. The van der Waals surface area contributed by atoms with E-state index in [0.717, 1.165) is 16.8 Å². The van der Waals surface area contributed by atoms with Crippen LogP contribution in [0.1, 0.15) is 10.4 Å². The Kier molecular flexibility index (Phi) is 7.33. The van der Waals surface area contributed by atoms with Crippen molar-refractivity contribution in [3.05, 3.63) is 80.9 Å². The van der Waals surface area contributed by atoms with Crippen LogP contribution >= 0.6 is 15.9 Å². The number of non-ortho nitro benzene ring substituents is 1. The molecule has 8 nitrogen and oxygen atoms in total. The van der Waals surface area contributed by atoms with E-state index < -0.39 is 10.9 Å². The summed E-state index contributed by atoms with van der Waals surface area (Å²) >= 11 is 3.16. The van der Waals surface area contributed by atoms with Crippen LogP contribution in [0.2, 0.25) is 0 Å². The number of aromatic hydroxyl groups is 1. The molecule has 0 amide bonds. The van der Waals surface area contributed by atoms with Crippen LogP contribution in [-0.4, -0.2) is 21.0 Å². The Morgan fingerprint density at radius 2 is 1.73 bits per heavy atom. The number of halogens is 1. The number of carboxylic acid groups (broad SMARTS) is 1. The van der Waals surface area contributed by atoms with Gasteiger partial charge < -0.3 is 20.1 Å². The molecule has 0 spiro atoms. The molecule has 4 aromatic rings. The van der Waals surface area contributed by atoms with Gasteiger partial charge in [0.2, 0.25) is 0 Å². The van der Waals surface area contributed by atoms with E-state index in [1.807, 2.05) is 6.07 Å². The molecule has 0 saturated heterocycles. The number of nitro benzene ring substituents is 1. The maximum atomic E-state index is 11.3. The van der Waals surface area contributed by atoms with Gasteiger partial charge in [-0.05, 0) is 44.9 Å². The molecule has 10 heteroatoms. The van der Waals surface area contributed by atoms with Crippen LogP contribution in [-0.2, 0) is 17.1 Å². The van der Waals surface area contributed by atoms with Gasteiger partial charge in [-0.1, -0.05) is 36.1 Å². The Bertz CT molecular complexity index is 1260. The first-order valence-electron chi connectivity index (χ1n) is 8.12. The van der Waals surface area contributed by atoms with Gasteiger partial charge in [-0.15, -0.1) is 0 Å². The zero-order valence-corrected chi connectivity index (χ0v) is 17.4. The summed E-state index contributed by atoms with van der Waals surface area (Å²) < 4.78 is 0.375. The van der Waals surface area contributed by atoms with E-state index in [9.17, 15) is 30.2 Å². The van der Waals surface area contributed by atoms with Gasteiger partial charge in [-0.3, -0.25) is 15.1 Å². The Hall–Kier alpha value is -3.20. The molecule has 0 fully saturated rings. The van der Waals surface area contributed by atoms with Crippen molar-refractivity contribution in [1.29, 1.82) is 0 Å². The molecule has 0 aliphatic rings. The molecule has 155 valence electrons. The van der Waals surface area contributed by atoms with Gasteiger partial charge in [0.1, 0.15) is 5.75 Å². The molecule has 1 radical (unpaired) electrons. The summed E-state index contributed by atoms with van der Waals surface area (Å²) in [6.07, 6.45) is 1.44. The molecule has 1 heterocycles. The largest absolute Gasteiger partial charge is 2.00 e. The number of aromatic carboxylic acids is 1. The van der Waals surface area contributed by atoms with E-state index in [1.165, 1.54) is 24.4 Å². The van der Waals surface area contributed by atoms with Crippen molar-refractivity contribution in [2.45, 2.75) is 0 Å². The van der Waals surface area contributed by atoms with Crippen LogP contribution < -0.4 is 10.2 Å². The van der Waals surface area contributed by atoms with Crippen LogP contribution in [0.4, 0.5) is 5.69 Å². The maximum absolute atomic E-state index is 11.3. The van der Waals surface area contributed by atoms with Crippen LogP contribution in [0, 0.1) is 10.1 Å². The minimum absolute atomic E-state index is 0. The monoisotopic (exact) mass is 517 g/mol. The number of nitrogens with zero attached hydrogens (tertiary/aromatic N) is 2. The minimum atomic E-state index is -1.39. The number of nitro groups is 1. The average molecular weight is 519 g/mol. The molecule has 0 saturated carbocycles. The average Bonchev–Trinajstić information content (AvgIpc) is 2.71. The fourth-order valence-corrected chi connectivity index (χ4v) is 3.31. The Balaban J connectivity index is 0.000000207. The summed E-state index contributed by atoms with van der Waals surface area (Å²) in [5.41, 5.74) is -0.157. The zero-order valence-electron chi connectivity index (χ0n) is 14.8. The molecule has 1 aromatic heterocycles. The second-order valence-corrected chi connectivity index (χ2v) is 6.63. The molecule has 1 N–H and O–H groups in total. The number of benzene rings is 3. The molecule has 30 heavy (non-hydrogen) atoms. The Morgan fingerprint density at radius 3 is 2.40 bits per heavy atom. The van der Waals surface area contributed by atoms with Crippen molar-refractivity contribution in [3.63, 3.8) is 0 Å². The van der Waals surface area contributed by atoms with E-state index in [0.29, 0.717) is 4.47 Å². The van der Waals surface area contributed by atoms with E-state index >= 15 is 0 Å². The van der Waals surface area contributed by atoms with Crippen molar-refractivity contribution in [2.75, 3.05) is 0 Å². The molecule has 0 unspecified atom stereocenters. The fourth-order valence-electron chi connectivity index (χ4n) is 2.74. The number of fused-ring (bicyclic) bond motifs is 2. The summed E-state index contributed by atoms with van der Waals surface area (Å²) in [7, 11) is 0. The van der Waals surface area contributed by atoms with Gasteiger partial charge in [0.25, 0.3) is 5.69 Å². The number of carbonyl (C=O) groups is 1. The molecule has 0 aliphatic heterocycles. The van der Waals surface area contributed by atoms with Gasteiger partial charge >= 0.3 is 17.1 Å². The molecular formula is C20H11BrCuN2O6. The van der Waals surface area contributed by atoms with Crippen LogP contribution in [0.3, 0.4) is 0 Å². The number of rotatable bonds is 2. The van der Waals surface area contributed by atoms with Crippen molar-refractivity contribution >= 4 is 49.3 Å². The van der Waals surface area contributed by atoms with E-state index in [1.54, 1.807) is 24.3 Å². The van der Waals surface area contributed by atoms with E-state index in [4.69, 9.17) is 0 Å². The minimum Gasteiger partial charge on any atom is -0.871 e. The summed E-state index contributed by atoms with van der Waals surface area (Å²) in [4.78, 5) is 24.6. The van der Waals surface area contributed by atoms with Crippen molar-refractivity contribution < 1.29 is 42.1 Å². The van der Waals surface area contributed by atoms with Gasteiger partial charge in [0, 0.05) is 17.8 Å². The predicted octanol–water partition coefficient (Wildman–Crippen LogP) is 2.89. The van der Waals surface area contributed by atoms with Gasteiger partial charge in [-0.25, -0.2) is 0 Å². The van der Waals surface area contributed by atoms with Crippen molar-refractivity contribution in [3.8, 4) is 11.5 Å².